The van der Waals surface area contributed by atoms with Gasteiger partial charge >= 0.3 is 0 Å². The molecule has 0 unspecified atom stereocenters. The van der Waals surface area contributed by atoms with Crippen LogP contribution in [-0.4, -0.2) is 16.9 Å². The van der Waals surface area contributed by atoms with Crippen LogP contribution in [0.4, 0.5) is 0 Å². The summed E-state index contributed by atoms with van der Waals surface area (Å²) in [5, 5.41) is 2.95. The number of hydrogen-bond donors (Lipinski definition) is 1. The molecule has 0 aliphatic heterocycles. The van der Waals surface area contributed by atoms with Crippen molar-refractivity contribution in [3.05, 3.63) is 54.2 Å². The van der Waals surface area contributed by atoms with Crippen LogP contribution in [0.25, 0.3) is 11.3 Å². The van der Waals surface area contributed by atoms with Gasteiger partial charge in [0.05, 0.1) is 5.69 Å². The molecule has 1 aromatic carbocycles. The molecule has 2 rings (SSSR count). The monoisotopic (exact) mass is 254 g/mol. The Bertz CT molecular complexity index is 534. The summed E-state index contributed by atoms with van der Waals surface area (Å²) >= 11 is 0. The zero-order valence-electron chi connectivity index (χ0n) is 11.3. The van der Waals surface area contributed by atoms with Gasteiger partial charge in [-0.25, -0.2) is 0 Å². The Balaban J connectivity index is 2.13. The highest BCUT2D eigenvalue weighted by Gasteiger charge is 2.08. The summed E-state index contributed by atoms with van der Waals surface area (Å²) in [5.41, 5.74) is 2.61. The molecule has 1 heterocycles. The SMILES string of the molecule is CC[C@@H](C)NC(=O)c1ccc(-c2ccccn2)cc1. The van der Waals surface area contributed by atoms with Gasteiger partial charge in [-0.2, -0.15) is 0 Å². The first kappa shape index (κ1) is 13.3. The van der Waals surface area contributed by atoms with Crippen molar-refractivity contribution < 1.29 is 4.79 Å². The van der Waals surface area contributed by atoms with Crippen molar-refractivity contribution in [1.82, 2.24) is 10.3 Å². The van der Waals surface area contributed by atoms with Crippen LogP contribution in [0.15, 0.2) is 48.7 Å². The third-order valence-corrected chi connectivity index (χ3v) is 3.10. The Hall–Kier alpha value is -2.16. The maximum absolute atomic E-state index is 11.9. The van der Waals surface area contributed by atoms with Crippen molar-refractivity contribution in [3.8, 4) is 11.3 Å². The minimum Gasteiger partial charge on any atom is -0.350 e. The van der Waals surface area contributed by atoms with Crippen molar-refractivity contribution >= 4 is 5.91 Å². The molecule has 3 heteroatoms. The van der Waals surface area contributed by atoms with Crippen molar-refractivity contribution in [3.63, 3.8) is 0 Å². The zero-order valence-corrected chi connectivity index (χ0v) is 11.3. The predicted molar refractivity (Wildman–Crippen MR) is 76.9 cm³/mol. The highest BCUT2D eigenvalue weighted by atomic mass is 16.1. The van der Waals surface area contributed by atoms with E-state index < -0.39 is 0 Å². The minimum absolute atomic E-state index is 0.0260. The average Bonchev–Trinajstić information content (AvgIpc) is 2.48. The maximum Gasteiger partial charge on any atom is 0.251 e. The summed E-state index contributed by atoms with van der Waals surface area (Å²) in [6, 6.07) is 13.5. The summed E-state index contributed by atoms with van der Waals surface area (Å²) in [6.45, 7) is 4.05. The zero-order chi connectivity index (χ0) is 13.7. The highest BCUT2D eigenvalue weighted by molar-refractivity contribution is 5.94. The van der Waals surface area contributed by atoms with Gasteiger partial charge in [-0.1, -0.05) is 25.1 Å². The lowest BCUT2D eigenvalue weighted by Crippen LogP contribution is -2.31. The molecule has 0 aliphatic carbocycles. The number of amides is 1. The fourth-order valence-corrected chi connectivity index (χ4v) is 1.74. The second kappa shape index (κ2) is 6.14. The summed E-state index contributed by atoms with van der Waals surface area (Å²) in [6.07, 6.45) is 2.69. The van der Waals surface area contributed by atoms with Crippen LogP contribution in [-0.2, 0) is 0 Å². The Morgan fingerprint density at radius 2 is 1.95 bits per heavy atom. The molecule has 0 fully saturated rings. The van der Waals surface area contributed by atoms with E-state index in [1.54, 1.807) is 6.20 Å². The van der Waals surface area contributed by atoms with Gasteiger partial charge in [0.25, 0.3) is 5.91 Å². The highest BCUT2D eigenvalue weighted by Crippen LogP contribution is 2.16. The number of benzene rings is 1. The van der Waals surface area contributed by atoms with Gasteiger partial charge in [-0.3, -0.25) is 9.78 Å². The van der Waals surface area contributed by atoms with E-state index >= 15 is 0 Å². The summed E-state index contributed by atoms with van der Waals surface area (Å²) < 4.78 is 0. The number of rotatable bonds is 4. The number of carbonyl (C=O) groups excluding carboxylic acids is 1. The second-order valence-electron chi connectivity index (χ2n) is 4.58. The van der Waals surface area contributed by atoms with Crippen molar-refractivity contribution in [2.24, 2.45) is 0 Å². The number of carbonyl (C=O) groups is 1. The molecule has 1 aromatic heterocycles. The normalized spacial score (nSPS) is 11.9. The lowest BCUT2D eigenvalue weighted by molar-refractivity contribution is 0.0939. The fraction of sp³-hybridized carbons (Fsp3) is 0.250. The van der Waals surface area contributed by atoms with Crippen molar-refractivity contribution in [1.29, 1.82) is 0 Å². The topological polar surface area (TPSA) is 42.0 Å². The molecule has 0 saturated carbocycles. The summed E-state index contributed by atoms with van der Waals surface area (Å²) in [5.74, 6) is -0.0260. The lowest BCUT2D eigenvalue weighted by atomic mass is 10.1. The maximum atomic E-state index is 11.9. The minimum atomic E-state index is -0.0260. The molecule has 19 heavy (non-hydrogen) atoms. The van der Waals surface area contributed by atoms with Gasteiger partial charge in [0.2, 0.25) is 0 Å². The fourth-order valence-electron chi connectivity index (χ4n) is 1.74. The van der Waals surface area contributed by atoms with Crippen LogP contribution in [0.2, 0.25) is 0 Å². The van der Waals surface area contributed by atoms with E-state index in [4.69, 9.17) is 0 Å². The van der Waals surface area contributed by atoms with Crippen LogP contribution in [0, 0.1) is 0 Å². The van der Waals surface area contributed by atoms with Gasteiger partial charge in [0, 0.05) is 23.4 Å². The summed E-state index contributed by atoms with van der Waals surface area (Å²) in [7, 11) is 0. The van der Waals surface area contributed by atoms with E-state index in [9.17, 15) is 4.79 Å². The molecule has 1 amide bonds. The molecule has 0 aliphatic rings. The van der Waals surface area contributed by atoms with Crippen LogP contribution in [0.3, 0.4) is 0 Å². The molecular weight excluding hydrogens is 236 g/mol. The second-order valence-corrected chi connectivity index (χ2v) is 4.58. The molecule has 1 N–H and O–H groups in total. The molecule has 98 valence electrons. The van der Waals surface area contributed by atoms with Crippen LogP contribution >= 0.6 is 0 Å². The largest absolute Gasteiger partial charge is 0.350 e. The van der Waals surface area contributed by atoms with E-state index in [0.717, 1.165) is 17.7 Å². The molecule has 2 aromatic rings. The number of hydrogen-bond acceptors (Lipinski definition) is 2. The number of nitrogens with one attached hydrogen (secondary N) is 1. The van der Waals surface area contributed by atoms with E-state index in [1.165, 1.54) is 0 Å². The molecule has 0 spiro atoms. The first-order valence-electron chi connectivity index (χ1n) is 6.53. The molecule has 1 atom stereocenters. The molecule has 0 saturated heterocycles. The Kier molecular flexibility index (Phi) is 4.29. The van der Waals surface area contributed by atoms with Gasteiger partial charge in [-0.05, 0) is 37.6 Å². The molecule has 0 radical (unpaired) electrons. The first-order valence-corrected chi connectivity index (χ1v) is 6.53. The van der Waals surface area contributed by atoms with Gasteiger partial charge < -0.3 is 5.32 Å². The molecular formula is C16H18N2O. The van der Waals surface area contributed by atoms with E-state index in [2.05, 4.69) is 17.2 Å². The quantitative estimate of drug-likeness (QED) is 0.909. The van der Waals surface area contributed by atoms with Gasteiger partial charge in [-0.15, -0.1) is 0 Å². The lowest BCUT2D eigenvalue weighted by Gasteiger charge is -2.11. The smallest absolute Gasteiger partial charge is 0.251 e. The Labute approximate surface area is 113 Å². The number of pyridine rings is 1. The molecule has 0 bridgehead atoms. The third kappa shape index (κ3) is 3.41. The van der Waals surface area contributed by atoms with Gasteiger partial charge in [0.1, 0.15) is 0 Å². The van der Waals surface area contributed by atoms with Crippen LogP contribution in [0.5, 0.6) is 0 Å². The van der Waals surface area contributed by atoms with E-state index in [1.807, 2.05) is 49.4 Å². The van der Waals surface area contributed by atoms with Crippen LogP contribution in [0.1, 0.15) is 30.6 Å². The van der Waals surface area contributed by atoms with Crippen molar-refractivity contribution in [2.45, 2.75) is 26.3 Å². The standard InChI is InChI=1S/C16H18N2O/c1-3-12(2)18-16(19)14-9-7-13(8-10-14)15-6-4-5-11-17-15/h4-12H,3H2,1-2H3,(H,18,19)/t12-/m1/s1. The Morgan fingerprint density at radius 3 is 2.53 bits per heavy atom. The predicted octanol–water partition coefficient (Wildman–Crippen LogP) is 3.28. The van der Waals surface area contributed by atoms with Gasteiger partial charge in [0.15, 0.2) is 0 Å². The molecule has 3 nitrogen and oxygen atoms in total. The Morgan fingerprint density at radius 1 is 1.21 bits per heavy atom. The number of nitrogens with zero attached hydrogens (tertiary/aromatic N) is 1. The van der Waals surface area contributed by atoms with Crippen LogP contribution < -0.4 is 5.32 Å². The van der Waals surface area contributed by atoms with E-state index in [-0.39, 0.29) is 11.9 Å². The first-order chi connectivity index (χ1) is 9.20. The van der Waals surface area contributed by atoms with E-state index in [0.29, 0.717) is 5.56 Å². The van der Waals surface area contributed by atoms with Crippen molar-refractivity contribution in [2.75, 3.05) is 0 Å². The number of aromatic nitrogens is 1. The average molecular weight is 254 g/mol. The third-order valence-electron chi connectivity index (χ3n) is 3.10. The summed E-state index contributed by atoms with van der Waals surface area (Å²) in [4.78, 5) is 16.2.